The van der Waals surface area contributed by atoms with Crippen LogP contribution in [0.1, 0.15) is 37.3 Å². The van der Waals surface area contributed by atoms with E-state index in [1.165, 1.54) is 11.8 Å². The van der Waals surface area contributed by atoms with E-state index in [4.69, 9.17) is 0 Å². The molecule has 3 heterocycles. The minimum absolute atomic E-state index is 0.109. The van der Waals surface area contributed by atoms with Gasteiger partial charge in [0.25, 0.3) is 0 Å². The van der Waals surface area contributed by atoms with Crippen LogP contribution in [0.5, 0.6) is 0 Å². The highest BCUT2D eigenvalue weighted by atomic mass is 32.2. The van der Waals surface area contributed by atoms with Crippen LogP contribution in [0.25, 0.3) is 0 Å². The van der Waals surface area contributed by atoms with Gasteiger partial charge in [-0.25, -0.2) is 4.98 Å². The third kappa shape index (κ3) is 3.96. The average Bonchev–Trinajstić information content (AvgIpc) is 2.91. The number of aliphatic hydroxyl groups excluding tert-OH is 1. The quantitative estimate of drug-likeness (QED) is 0.841. The Balaban J connectivity index is 1.64. The maximum atomic E-state index is 12.5. The van der Waals surface area contributed by atoms with Crippen LogP contribution in [0, 0.1) is 0 Å². The van der Waals surface area contributed by atoms with Gasteiger partial charge in [0, 0.05) is 19.3 Å². The number of aliphatic hydroxyl groups is 1. The van der Waals surface area contributed by atoms with Crippen molar-refractivity contribution in [1.82, 2.24) is 19.7 Å². The second kappa shape index (κ2) is 7.81. The minimum Gasteiger partial charge on any atom is -0.387 e. The van der Waals surface area contributed by atoms with Gasteiger partial charge in [0.2, 0.25) is 5.91 Å². The van der Waals surface area contributed by atoms with Crippen molar-refractivity contribution in [2.45, 2.75) is 44.0 Å². The van der Waals surface area contributed by atoms with Crippen molar-refractivity contribution in [3.63, 3.8) is 0 Å². The molecule has 3 rings (SSSR count). The lowest BCUT2D eigenvalue weighted by atomic mass is 10.2. The monoisotopic (exact) mass is 346 g/mol. The Hall–Kier alpha value is -1.86. The zero-order valence-corrected chi connectivity index (χ0v) is 14.6. The zero-order chi connectivity index (χ0) is 16.9. The van der Waals surface area contributed by atoms with Gasteiger partial charge in [0.1, 0.15) is 0 Å². The van der Waals surface area contributed by atoms with Gasteiger partial charge in [-0.2, -0.15) is 5.10 Å². The Kier molecular flexibility index (Phi) is 5.52. The third-order valence-corrected chi connectivity index (χ3v) is 5.02. The maximum absolute atomic E-state index is 12.5. The molecule has 0 spiro atoms. The molecule has 0 aliphatic carbocycles. The Morgan fingerprint density at radius 1 is 1.42 bits per heavy atom. The van der Waals surface area contributed by atoms with E-state index < -0.39 is 6.10 Å². The molecule has 1 N–H and O–H groups in total. The van der Waals surface area contributed by atoms with Gasteiger partial charge >= 0.3 is 0 Å². The number of aryl methyl sites for hydroxylation is 1. The number of carbonyl (C=O) groups is 1. The van der Waals surface area contributed by atoms with Gasteiger partial charge in [-0.15, -0.1) is 0 Å². The lowest BCUT2D eigenvalue weighted by molar-refractivity contribution is -0.128. The summed E-state index contributed by atoms with van der Waals surface area (Å²) < 4.78 is 1.92. The molecule has 0 bridgehead atoms. The molecule has 7 heteroatoms. The van der Waals surface area contributed by atoms with E-state index in [9.17, 15) is 9.90 Å². The van der Waals surface area contributed by atoms with E-state index in [1.807, 2.05) is 40.8 Å². The summed E-state index contributed by atoms with van der Waals surface area (Å²) in [6, 6.07) is 7.62. The normalized spacial score (nSPS) is 15.7. The Morgan fingerprint density at radius 2 is 2.29 bits per heavy atom. The highest BCUT2D eigenvalue weighted by Crippen LogP contribution is 2.21. The average molecular weight is 346 g/mol. The van der Waals surface area contributed by atoms with Crippen LogP contribution in [0.3, 0.4) is 0 Å². The van der Waals surface area contributed by atoms with Gasteiger partial charge in [0.15, 0.2) is 0 Å². The number of pyridine rings is 1. The first-order valence-corrected chi connectivity index (χ1v) is 9.22. The summed E-state index contributed by atoms with van der Waals surface area (Å²) in [5.41, 5.74) is 1.69. The second-order valence-corrected chi connectivity index (χ2v) is 6.83. The summed E-state index contributed by atoms with van der Waals surface area (Å²) in [6.45, 7) is 3.99. The van der Waals surface area contributed by atoms with Crippen LogP contribution in [0.4, 0.5) is 0 Å². The van der Waals surface area contributed by atoms with Gasteiger partial charge in [-0.3, -0.25) is 9.48 Å². The fourth-order valence-electron chi connectivity index (χ4n) is 2.73. The summed E-state index contributed by atoms with van der Waals surface area (Å²) in [6.07, 6.45) is 2.71. The van der Waals surface area contributed by atoms with Gasteiger partial charge in [0.05, 0.1) is 34.8 Å². The van der Waals surface area contributed by atoms with Crippen molar-refractivity contribution in [2.75, 3.05) is 12.3 Å². The SMILES string of the molecule is CCC(O)c1cc2n(n1)CCCN(C(=O)CSc1ccccn1)C2. The molecule has 128 valence electrons. The summed E-state index contributed by atoms with van der Waals surface area (Å²) in [4.78, 5) is 18.6. The van der Waals surface area contributed by atoms with E-state index >= 15 is 0 Å². The first-order chi connectivity index (χ1) is 11.7. The molecule has 24 heavy (non-hydrogen) atoms. The van der Waals surface area contributed by atoms with E-state index in [0.29, 0.717) is 24.4 Å². The standard InChI is InChI=1S/C17H22N4O2S/c1-2-15(22)14-10-13-11-20(8-5-9-21(13)19-14)17(23)12-24-16-6-3-4-7-18-16/h3-4,6-7,10,15,22H,2,5,8-9,11-12H2,1H3. The number of nitrogens with zero attached hydrogens (tertiary/aromatic N) is 4. The number of hydrogen-bond acceptors (Lipinski definition) is 5. The number of hydrogen-bond donors (Lipinski definition) is 1. The molecule has 0 saturated heterocycles. The fourth-order valence-corrected chi connectivity index (χ4v) is 3.49. The Labute approximate surface area is 145 Å². The number of fused-ring (bicyclic) bond motifs is 1. The lowest BCUT2D eigenvalue weighted by Crippen LogP contribution is -2.32. The van der Waals surface area contributed by atoms with Crippen LogP contribution < -0.4 is 0 Å². The van der Waals surface area contributed by atoms with Gasteiger partial charge in [-0.1, -0.05) is 24.8 Å². The molecule has 2 aromatic rings. The minimum atomic E-state index is -0.534. The molecular weight excluding hydrogens is 324 g/mol. The Bertz CT molecular complexity index is 689. The number of aromatic nitrogens is 3. The van der Waals surface area contributed by atoms with Crippen molar-refractivity contribution >= 4 is 17.7 Å². The molecule has 2 aromatic heterocycles. The summed E-state index contributed by atoms with van der Waals surface area (Å²) >= 11 is 1.46. The van der Waals surface area contributed by atoms with Gasteiger partial charge in [-0.05, 0) is 31.0 Å². The van der Waals surface area contributed by atoms with Crippen molar-refractivity contribution < 1.29 is 9.90 Å². The number of rotatable bonds is 5. The third-order valence-electron chi connectivity index (χ3n) is 4.10. The highest BCUT2D eigenvalue weighted by molar-refractivity contribution is 7.99. The van der Waals surface area contributed by atoms with Crippen LogP contribution in [0.2, 0.25) is 0 Å². The molecule has 0 fully saturated rings. The molecule has 0 aromatic carbocycles. The van der Waals surface area contributed by atoms with Crippen molar-refractivity contribution in [1.29, 1.82) is 0 Å². The van der Waals surface area contributed by atoms with Crippen LogP contribution in [-0.2, 0) is 17.9 Å². The van der Waals surface area contributed by atoms with E-state index in [0.717, 1.165) is 30.2 Å². The van der Waals surface area contributed by atoms with E-state index in [-0.39, 0.29) is 5.91 Å². The number of carbonyl (C=O) groups excluding carboxylic acids is 1. The predicted molar refractivity (Wildman–Crippen MR) is 92.5 cm³/mol. The molecule has 1 aliphatic heterocycles. The largest absolute Gasteiger partial charge is 0.387 e. The first kappa shape index (κ1) is 17.0. The lowest BCUT2D eigenvalue weighted by Gasteiger charge is -2.19. The summed E-state index contributed by atoms with van der Waals surface area (Å²) in [5.74, 6) is 0.494. The molecule has 1 amide bonds. The maximum Gasteiger partial charge on any atom is 0.233 e. The molecule has 6 nitrogen and oxygen atoms in total. The fraction of sp³-hybridized carbons (Fsp3) is 0.471. The van der Waals surface area contributed by atoms with Crippen LogP contribution in [0.15, 0.2) is 35.5 Å². The van der Waals surface area contributed by atoms with Crippen molar-refractivity contribution in [3.8, 4) is 0 Å². The topological polar surface area (TPSA) is 71.2 Å². The summed E-state index contributed by atoms with van der Waals surface area (Å²) in [7, 11) is 0. The molecule has 0 saturated carbocycles. The van der Waals surface area contributed by atoms with Crippen LogP contribution in [-0.4, -0.2) is 43.0 Å². The molecule has 1 atom stereocenters. The number of amides is 1. The Morgan fingerprint density at radius 3 is 3.04 bits per heavy atom. The molecule has 1 unspecified atom stereocenters. The highest BCUT2D eigenvalue weighted by Gasteiger charge is 2.22. The molecule has 0 radical (unpaired) electrons. The van der Waals surface area contributed by atoms with Gasteiger partial charge < -0.3 is 10.0 Å². The first-order valence-electron chi connectivity index (χ1n) is 8.23. The second-order valence-electron chi connectivity index (χ2n) is 5.83. The van der Waals surface area contributed by atoms with Crippen LogP contribution >= 0.6 is 11.8 Å². The zero-order valence-electron chi connectivity index (χ0n) is 13.8. The number of thioether (sulfide) groups is 1. The van der Waals surface area contributed by atoms with Crippen molar-refractivity contribution in [2.24, 2.45) is 0 Å². The van der Waals surface area contributed by atoms with Crippen molar-refractivity contribution in [3.05, 3.63) is 41.9 Å². The smallest absolute Gasteiger partial charge is 0.233 e. The van der Waals surface area contributed by atoms with E-state index in [1.54, 1.807) is 6.20 Å². The molecule has 1 aliphatic rings. The summed E-state index contributed by atoms with van der Waals surface area (Å²) in [5, 5.41) is 15.3. The molecular formula is C17H22N4O2S. The van der Waals surface area contributed by atoms with E-state index in [2.05, 4.69) is 10.1 Å². The predicted octanol–water partition coefficient (Wildman–Crippen LogP) is 2.25.